The second kappa shape index (κ2) is 9.94. The SMILES string of the molecule is N=Cc1c(NC2CCCC2)nc(Cl)nc1[NH2+][C@@H]1O[C@H](COCP(=O)(O)O)[C@@H](O)[C@H]1O. The summed E-state index contributed by atoms with van der Waals surface area (Å²) in [4.78, 5) is 26.0. The molecule has 2 aliphatic rings. The van der Waals surface area contributed by atoms with Gasteiger partial charge >= 0.3 is 7.60 Å². The molecular formula is C16H26ClN5O7P+. The molecule has 1 aliphatic carbocycles. The van der Waals surface area contributed by atoms with Crippen molar-refractivity contribution in [3.8, 4) is 0 Å². The minimum absolute atomic E-state index is 0.0399. The number of anilines is 1. The Bertz CT molecular complexity index is 806. The number of aliphatic hydroxyl groups is 2. The third kappa shape index (κ3) is 5.94. The van der Waals surface area contributed by atoms with Gasteiger partial charge in [0, 0.05) is 12.3 Å². The van der Waals surface area contributed by atoms with Crippen molar-refractivity contribution >= 4 is 37.0 Å². The van der Waals surface area contributed by atoms with Crippen LogP contribution in [0.25, 0.3) is 0 Å². The Kier molecular flexibility index (Phi) is 7.77. The maximum absolute atomic E-state index is 10.9. The van der Waals surface area contributed by atoms with Gasteiger partial charge in [0.15, 0.2) is 6.10 Å². The van der Waals surface area contributed by atoms with Crippen LogP contribution >= 0.6 is 19.2 Å². The highest BCUT2D eigenvalue weighted by atomic mass is 35.5. The molecule has 1 aromatic heterocycles. The van der Waals surface area contributed by atoms with Gasteiger partial charge in [0.25, 0.3) is 0 Å². The molecule has 0 aromatic carbocycles. The minimum atomic E-state index is -4.36. The second-order valence-corrected chi connectivity index (χ2v) is 9.29. The van der Waals surface area contributed by atoms with Crippen LogP contribution in [-0.2, 0) is 14.0 Å². The molecule has 0 radical (unpaired) electrons. The van der Waals surface area contributed by atoms with E-state index in [1.54, 1.807) is 0 Å². The molecule has 0 spiro atoms. The van der Waals surface area contributed by atoms with E-state index in [0.29, 0.717) is 11.4 Å². The number of quaternary nitrogens is 1. The van der Waals surface area contributed by atoms with Gasteiger partial charge in [-0.1, -0.05) is 12.8 Å². The van der Waals surface area contributed by atoms with E-state index in [0.717, 1.165) is 31.9 Å². The van der Waals surface area contributed by atoms with E-state index in [2.05, 4.69) is 15.3 Å². The van der Waals surface area contributed by atoms with E-state index < -0.39 is 38.5 Å². The summed E-state index contributed by atoms with van der Waals surface area (Å²) < 4.78 is 21.3. The van der Waals surface area contributed by atoms with E-state index in [9.17, 15) is 14.8 Å². The summed E-state index contributed by atoms with van der Waals surface area (Å²) in [5, 5.41) is 32.9. The summed E-state index contributed by atoms with van der Waals surface area (Å²) in [7, 11) is -4.36. The number of aliphatic hydroxyl groups excluding tert-OH is 2. The molecule has 30 heavy (non-hydrogen) atoms. The first-order valence-corrected chi connectivity index (χ1v) is 11.7. The van der Waals surface area contributed by atoms with Crippen molar-refractivity contribution in [1.29, 1.82) is 5.41 Å². The van der Waals surface area contributed by atoms with Crippen molar-refractivity contribution in [2.45, 2.75) is 56.3 Å². The fourth-order valence-electron chi connectivity index (χ4n) is 3.60. The lowest BCUT2D eigenvalue weighted by molar-refractivity contribution is -0.664. The van der Waals surface area contributed by atoms with Gasteiger partial charge in [-0.15, -0.1) is 0 Å². The van der Waals surface area contributed by atoms with Crippen LogP contribution in [0.4, 0.5) is 11.6 Å². The number of ether oxygens (including phenoxy) is 2. The molecule has 1 aromatic rings. The first kappa shape index (κ1) is 23.5. The van der Waals surface area contributed by atoms with Gasteiger partial charge in [0.1, 0.15) is 29.9 Å². The molecule has 2 heterocycles. The average Bonchev–Trinajstić information content (AvgIpc) is 3.25. The number of nitrogens with two attached hydrogens (primary N) is 1. The van der Waals surface area contributed by atoms with Gasteiger partial charge in [-0.05, 0) is 24.4 Å². The van der Waals surface area contributed by atoms with Crippen molar-refractivity contribution in [3.05, 3.63) is 10.8 Å². The molecule has 2 fully saturated rings. The molecule has 1 aliphatic heterocycles. The Morgan fingerprint density at radius 1 is 1.30 bits per heavy atom. The fourth-order valence-corrected chi connectivity index (χ4v) is 4.12. The molecule has 14 heteroatoms. The highest BCUT2D eigenvalue weighted by Gasteiger charge is 2.46. The maximum Gasteiger partial charge on any atom is 0.350 e. The number of hydrogen-bond acceptors (Lipinski definition) is 9. The maximum atomic E-state index is 10.9. The topological polar surface area (TPSA) is 195 Å². The zero-order valence-corrected chi connectivity index (χ0v) is 17.7. The first-order valence-electron chi connectivity index (χ1n) is 9.51. The quantitative estimate of drug-likeness (QED) is 0.138. The third-order valence-corrected chi connectivity index (χ3v) is 5.74. The van der Waals surface area contributed by atoms with Gasteiger partial charge in [-0.3, -0.25) is 9.88 Å². The molecule has 8 N–H and O–H groups in total. The van der Waals surface area contributed by atoms with Gasteiger partial charge < -0.3 is 40.2 Å². The molecule has 0 bridgehead atoms. The smallest absolute Gasteiger partial charge is 0.350 e. The van der Waals surface area contributed by atoms with Gasteiger partial charge in [0.2, 0.25) is 17.3 Å². The minimum Gasteiger partial charge on any atom is -0.387 e. The summed E-state index contributed by atoms with van der Waals surface area (Å²) >= 11 is 6.05. The second-order valence-electron chi connectivity index (χ2n) is 7.36. The largest absolute Gasteiger partial charge is 0.387 e. The van der Waals surface area contributed by atoms with Crippen LogP contribution < -0.4 is 10.6 Å². The fraction of sp³-hybridized carbons (Fsp3) is 0.688. The third-order valence-electron chi connectivity index (χ3n) is 5.05. The average molecular weight is 467 g/mol. The van der Waals surface area contributed by atoms with Crippen LogP contribution in [0.15, 0.2) is 0 Å². The molecule has 3 rings (SSSR count). The Labute approximate surface area is 177 Å². The number of nitrogens with one attached hydrogen (secondary N) is 2. The molecular weight excluding hydrogens is 441 g/mol. The van der Waals surface area contributed by atoms with Crippen LogP contribution in [0, 0.1) is 5.41 Å². The van der Waals surface area contributed by atoms with Crippen LogP contribution in [-0.4, -0.2) is 79.7 Å². The van der Waals surface area contributed by atoms with E-state index in [4.69, 9.17) is 36.3 Å². The Morgan fingerprint density at radius 2 is 2.00 bits per heavy atom. The van der Waals surface area contributed by atoms with E-state index in [1.165, 1.54) is 5.32 Å². The van der Waals surface area contributed by atoms with Gasteiger partial charge in [-0.2, -0.15) is 9.97 Å². The number of halogens is 1. The molecule has 4 atom stereocenters. The lowest BCUT2D eigenvalue weighted by Gasteiger charge is -2.17. The van der Waals surface area contributed by atoms with Crippen LogP contribution in [0.3, 0.4) is 0 Å². The van der Waals surface area contributed by atoms with E-state index in [-0.39, 0.29) is 23.8 Å². The number of aromatic nitrogens is 2. The zero-order valence-electron chi connectivity index (χ0n) is 16.0. The van der Waals surface area contributed by atoms with Crippen LogP contribution in [0.1, 0.15) is 31.2 Å². The van der Waals surface area contributed by atoms with Crippen molar-refractivity contribution in [3.63, 3.8) is 0 Å². The molecule has 12 nitrogen and oxygen atoms in total. The Hall–Kier alpha value is -1.21. The van der Waals surface area contributed by atoms with Crippen LogP contribution in [0.2, 0.25) is 5.28 Å². The first-order chi connectivity index (χ1) is 14.2. The van der Waals surface area contributed by atoms with Crippen molar-refractivity contribution in [2.24, 2.45) is 0 Å². The lowest BCUT2D eigenvalue weighted by atomic mass is 10.1. The van der Waals surface area contributed by atoms with Crippen LogP contribution in [0.5, 0.6) is 0 Å². The predicted octanol–water partition coefficient (Wildman–Crippen LogP) is -0.724. The number of nitrogens with zero attached hydrogens (tertiary/aromatic N) is 2. The molecule has 0 amide bonds. The normalized spacial score (nSPS) is 27.5. The summed E-state index contributed by atoms with van der Waals surface area (Å²) in [6.07, 6.45) is -0.181. The molecule has 1 saturated carbocycles. The summed E-state index contributed by atoms with van der Waals surface area (Å²) in [5.74, 6) is 0.677. The van der Waals surface area contributed by atoms with Crippen molar-refractivity contribution in [2.75, 3.05) is 18.3 Å². The predicted molar refractivity (Wildman–Crippen MR) is 106 cm³/mol. The Morgan fingerprint density at radius 3 is 2.63 bits per heavy atom. The lowest BCUT2D eigenvalue weighted by Crippen LogP contribution is -2.88. The molecule has 0 unspecified atom stereocenters. The number of hydrogen-bond donors (Lipinski definition) is 7. The zero-order chi connectivity index (χ0) is 21.9. The van der Waals surface area contributed by atoms with E-state index in [1.807, 2.05) is 0 Å². The molecule has 1 saturated heterocycles. The van der Waals surface area contributed by atoms with Gasteiger partial charge in [0.05, 0.1) is 6.61 Å². The highest BCUT2D eigenvalue weighted by Crippen LogP contribution is 2.34. The van der Waals surface area contributed by atoms with Crippen molar-refractivity contribution in [1.82, 2.24) is 9.97 Å². The van der Waals surface area contributed by atoms with E-state index >= 15 is 0 Å². The standard InChI is InChI=1S/C16H25ClN5O7P/c17-16-21-13(19-8-3-1-2-4-8)9(5-18)14(22-16)20-15-12(24)11(23)10(29-15)6-28-7-30(25,26)27/h5,8,10-12,15,18,23-24H,1-4,6-7H2,(H2,25,26,27)(H2,19,20,21,22)/p+1/t10-,11-,12-,15-/m1/s1. The number of rotatable bonds is 9. The highest BCUT2D eigenvalue weighted by molar-refractivity contribution is 7.51. The monoisotopic (exact) mass is 466 g/mol. The molecule has 168 valence electrons. The van der Waals surface area contributed by atoms with Crippen molar-refractivity contribution < 1.29 is 39.4 Å². The summed E-state index contributed by atoms with van der Waals surface area (Å²) in [6, 6.07) is 0.230. The Balaban J connectivity index is 1.70. The summed E-state index contributed by atoms with van der Waals surface area (Å²) in [5.41, 5.74) is 0.373. The van der Waals surface area contributed by atoms with Gasteiger partial charge in [-0.25, -0.2) is 0 Å². The summed E-state index contributed by atoms with van der Waals surface area (Å²) in [6.45, 7) is -0.315.